The lowest BCUT2D eigenvalue weighted by Crippen LogP contribution is -2.42. The number of rotatable bonds is 5. The maximum absolute atomic E-state index is 12.8. The number of aromatic nitrogens is 1. The average Bonchev–Trinajstić information content (AvgIpc) is 3.06. The van der Waals surface area contributed by atoms with E-state index in [0.29, 0.717) is 24.9 Å². The van der Waals surface area contributed by atoms with Gasteiger partial charge in [0, 0.05) is 19.2 Å². The van der Waals surface area contributed by atoms with Gasteiger partial charge in [0.25, 0.3) is 10.0 Å². The molecular weight excluding hydrogens is 378 g/mol. The monoisotopic (exact) mass is 399 g/mol. The summed E-state index contributed by atoms with van der Waals surface area (Å²) in [6.45, 7) is 5.01. The first-order valence-electron chi connectivity index (χ1n) is 8.22. The summed E-state index contributed by atoms with van der Waals surface area (Å²) in [5, 5.41) is 3.49. The minimum Gasteiger partial charge on any atom is -0.363 e. The van der Waals surface area contributed by atoms with E-state index in [9.17, 15) is 16.8 Å². The Bertz CT molecular complexity index is 944. The molecule has 1 aliphatic heterocycles. The number of hydrogen-bond donors (Lipinski definition) is 1. The molecule has 1 N–H and O–H groups in total. The van der Waals surface area contributed by atoms with Crippen LogP contribution in [0.25, 0.3) is 0 Å². The second-order valence-electron chi connectivity index (χ2n) is 6.73. The Labute approximate surface area is 153 Å². The van der Waals surface area contributed by atoms with Crippen LogP contribution in [-0.4, -0.2) is 39.4 Å². The van der Waals surface area contributed by atoms with Crippen molar-refractivity contribution < 1.29 is 21.4 Å². The molecule has 1 aromatic carbocycles. The summed E-state index contributed by atoms with van der Waals surface area (Å²) in [7, 11) is -7.52. The molecule has 1 fully saturated rings. The smallest absolute Gasteiger partial charge is 0.263 e. The fraction of sp³-hybridized carbons (Fsp3) is 0.438. The van der Waals surface area contributed by atoms with Gasteiger partial charge in [-0.15, -0.1) is 0 Å². The predicted octanol–water partition coefficient (Wildman–Crippen LogP) is 2.14. The first-order chi connectivity index (χ1) is 12.2. The topological polar surface area (TPSA) is 110 Å². The molecule has 1 aliphatic rings. The summed E-state index contributed by atoms with van der Waals surface area (Å²) in [6, 6.07) is 6.54. The van der Waals surface area contributed by atoms with Crippen molar-refractivity contribution in [3.8, 4) is 0 Å². The summed E-state index contributed by atoms with van der Waals surface area (Å²) in [5.41, 5.74) is 0. The highest BCUT2D eigenvalue weighted by Gasteiger charge is 2.31. The van der Waals surface area contributed by atoms with Crippen LogP contribution in [0.1, 0.15) is 20.3 Å². The zero-order valence-corrected chi connectivity index (χ0v) is 16.1. The Morgan fingerprint density at radius 3 is 2.12 bits per heavy atom. The summed E-state index contributed by atoms with van der Waals surface area (Å²) >= 11 is 0. The highest BCUT2D eigenvalue weighted by molar-refractivity contribution is 7.92. The van der Waals surface area contributed by atoms with E-state index in [1.807, 2.05) is 13.8 Å². The first-order valence-corrected chi connectivity index (χ1v) is 11.1. The van der Waals surface area contributed by atoms with Gasteiger partial charge in [-0.25, -0.2) is 16.8 Å². The van der Waals surface area contributed by atoms with Crippen LogP contribution in [0.4, 0.5) is 5.82 Å². The standard InChI is InChI=1S/C16H21N3O5S2/c1-12-9-13(2)11-19(10-12)26(22,23)15-5-3-14(4-6-15)25(20,21)18-16-7-8-24-17-16/h3-8,12-13H,9-11H2,1-2H3,(H,17,18). The zero-order valence-electron chi connectivity index (χ0n) is 14.5. The van der Waals surface area contributed by atoms with E-state index in [1.54, 1.807) is 0 Å². The molecule has 2 aromatic rings. The normalized spacial score (nSPS) is 22.2. The minimum atomic E-state index is -3.87. The summed E-state index contributed by atoms with van der Waals surface area (Å²) in [6.07, 6.45) is 2.24. The molecule has 0 bridgehead atoms. The summed E-state index contributed by atoms with van der Waals surface area (Å²) in [4.78, 5) is 0.0269. The van der Waals surface area contributed by atoms with Gasteiger partial charge >= 0.3 is 0 Å². The van der Waals surface area contributed by atoms with Gasteiger partial charge in [0.1, 0.15) is 6.26 Å². The molecule has 2 heterocycles. The van der Waals surface area contributed by atoms with Crippen molar-refractivity contribution in [3.05, 3.63) is 36.6 Å². The number of sulfonamides is 2. The van der Waals surface area contributed by atoms with Crippen molar-refractivity contribution in [2.24, 2.45) is 11.8 Å². The van der Waals surface area contributed by atoms with Gasteiger partial charge in [-0.3, -0.25) is 4.72 Å². The van der Waals surface area contributed by atoms with Crippen LogP contribution in [-0.2, 0) is 20.0 Å². The van der Waals surface area contributed by atoms with Crippen molar-refractivity contribution >= 4 is 25.9 Å². The SMILES string of the molecule is CC1CC(C)CN(S(=O)(=O)c2ccc(S(=O)(=O)Nc3ccon3)cc2)C1. The maximum atomic E-state index is 12.8. The van der Waals surface area contributed by atoms with Crippen molar-refractivity contribution in [2.45, 2.75) is 30.1 Å². The molecule has 1 aromatic heterocycles. The molecule has 10 heteroatoms. The van der Waals surface area contributed by atoms with Crippen LogP contribution in [0.5, 0.6) is 0 Å². The molecular formula is C16H21N3O5S2. The van der Waals surface area contributed by atoms with Crippen molar-refractivity contribution in [2.75, 3.05) is 17.8 Å². The van der Waals surface area contributed by atoms with Crippen LogP contribution in [0.2, 0.25) is 0 Å². The van der Waals surface area contributed by atoms with E-state index < -0.39 is 20.0 Å². The Morgan fingerprint density at radius 2 is 1.58 bits per heavy atom. The number of nitrogens with zero attached hydrogens (tertiary/aromatic N) is 2. The van der Waals surface area contributed by atoms with E-state index >= 15 is 0 Å². The Balaban J connectivity index is 1.82. The molecule has 0 spiro atoms. The average molecular weight is 399 g/mol. The van der Waals surface area contributed by atoms with Gasteiger partial charge in [-0.05, 0) is 42.5 Å². The molecule has 0 saturated carbocycles. The van der Waals surface area contributed by atoms with E-state index in [1.165, 1.54) is 40.9 Å². The third-order valence-corrected chi connectivity index (χ3v) is 7.50. The number of nitrogens with one attached hydrogen (secondary N) is 1. The fourth-order valence-corrected chi connectivity index (χ4v) is 5.88. The van der Waals surface area contributed by atoms with E-state index in [-0.39, 0.29) is 15.6 Å². The van der Waals surface area contributed by atoms with E-state index in [2.05, 4.69) is 14.4 Å². The third-order valence-electron chi connectivity index (χ3n) is 4.28. The maximum Gasteiger partial charge on any atom is 0.263 e. The third kappa shape index (κ3) is 3.92. The molecule has 8 nitrogen and oxygen atoms in total. The van der Waals surface area contributed by atoms with Gasteiger partial charge in [0.2, 0.25) is 10.0 Å². The molecule has 0 radical (unpaired) electrons. The lowest BCUT2D eigenvalue weighted by Gasteiger charge is -2.34. The summed E-state index contributed by atoms with van der Waals surface area (Å²) in [5.74, 6) is 0.637. The van der Waals surface area contributed by atoms with Crippen molar-refractivity contribution in [3.63, 3.8) is 0 Å². The van der Waals surface area contributed by atoms with E-state index in [0.717, 1.165) is 6.42 Å². The zero-order chi connectivity index (χ0) is 18.9. The first kappa shape index (κ1) is 18.9. The minimum absolute atomic E-state index is 0.0537. The molecule has 0 amide bonds. The number of hydrogen-bond acceptors (Lipinski definition) is 6. The van der Waals surface area contributed by atoms with Crippen LogP contribution >= 0.6 is 0 Å². The van der Waals surface area contributed by atoms with Crippen LogP contribution in [0.15, 0.2) is 50.9 Å². The Hall–Kier alpha value is -1.91. The number of benzene rings is 1. The Morgan fingerprint density at radius 1 is 1.00 bits per heavy atom. The number of piperidine rings is 1. The molecule has 142 valence electrons. The van der Waals surface area contributed by atoms with Gasteiger partial charge in [0.15, 0.2) is 5.82 Å². The predicted molar refractivity (Wildman–Crippen MR) is 95.5 cm³/mol. The molecule has 2 unspecified atom stereocenters. The van der Waals surface area contributed by atoms with Crippen LogP contribution in [0.3, 0.4) is 0 Å². The largest absolute Gasteiger partial charge is 0.363 e. The van der Waals surface area contributed by atoms with E-state index in [4.69, 9.17) is 0 Å². The number of anilines is 1. The molecule has 1 saturated heterocycles. The van der Waals surface area contributed by atoms with Gasteiger partial charge < -0.3 is 4.52 Å². The van der Waals surface area contributed by atoms with Crippen LogP contribution in [0, 0.1) is 11.8 Å². The Kier molecular flexibility index (Phi) is 5.09. The molecule has 2 atom stereocenters. The molecule has 3 rings (SSSR count). The highest BCUT2D eigenvalue weighted by atomic mass is 32.2. The van der Waals surface area contributed by atoms with Crippen molar-refractivity contribution in [1.29, 1.82) is 0 Å². The second-order valence-corrected chi connectivity index (χ2v) is 10.3. The van der Waals surface area contributed by atoms with Gasteiger partial charge in [-0.2, -0.15) is 4.31 Å². The van der Waals surface area contributed by atoms with Gasteiger partial charge in [-0.1, -0.05) is 19.0 Å². The molecule has 0 aliphatic carbocycles. The quantitative estimate of drug-likeness (QED) is 0.825. The molecule has 26 heavy (non-hydrogen) atoms. The van der Waals surface area contributed by atoms with Gasteiger partial charge in [0.05, 0.1) is 9.79 Å². The van der Waals surface area contributed by atoms with Crippen molar-refractivity contribution in [1.82, 2.24) is 9.46 Å². The summed E-state index contributed by atoms with van der Waals surface area (Å²) < 4.78 is 58.6. The second kappa shape index (κ2) is 7.01. The van der Waals surface area contributed by atoms with Crippen LogP contribution < -0.4 is 4.72 Å². The fourth-order valence-electron chi connectivity index (χ4n) is 3.20. The highest BCUT2D eigenvalue weighted by Crippen LogP contribution is 2.27. The lowest BCUT2D eigenvalue weighted by molar-refractivity contribution is 0.222. The lowest BCUT2D eigenvalue weighted by atomic mass is 9.94.